The zero-order chi connectivity index (χ0) is 17.9. The van der Waals surface area contributed by atoms with Gasteiger partial charge in [-0.1, -0.05) is 6.07 Å². The minimum absolute atomic E-state index is 0.177. The second kappa shape index (κ2) is 7.61. The first kappa shape index (κ1) is 18.0. The van der Waals surface area contributed by atoms with Gasteiger partial charge in [0, 0.05) is 23.7 Å². The van der Waals surface area contributed by atoms with E-state index in [0.717, 1.165) is 17.0 Å². The third-order valence-corrected chi connectivity index (χ3v) is 6.51. The molecule has 0 radical (unpaired) electrons. The highest BCUT2D eigenvalue weighted by molar-refractivity contribution is 7.89. The quantitative estimate of drug-likeness (QED) is 0.857. The minimum Gasteiger partial charge on any atom is -0.379 e. The molecule has 0 atom stereocenters. The third kappa shape index (κ3) is 4.24. The lowest BCUT2D eigenvalue weighted by atomic mass is 10.3. The van der Waals surface area contributed by atoms with E-state index in [1.807, 2.05) is 17.5 Å². The highest BCUT2D eigenvalue weighted by Gasteiger charge is 2.29. The van der Waals surface area contributed by atoms with Crippen molar-refractivity contribution in [1.29, 1.82) is 0 Å². The van der Waals surface area contributed by atoms with Crippen LogP contribution in [-0.4, -0.2) is 44.9 Å². The monoisotopic (exact) mass is 384 g/mol. The smallest absolute Gasteiger partial charge is 0.246 e. The molecule has 1 aliphatic heterocycles. The molecule has 0 unspecified atom stereocenters. The van der Waals surface area contributed by atoms with E-state index >= 15 is 0 Å². The normalized spacial score (nSPS) is 15.9. The summed E-state index contributed by atoms with van der Waals surface area (Å²) in [5.41, 5.74) is 0.245. The number of anilines is 1. The van der Waals surface area contributed by atoms with Crippen molar-refractivity contribution < 1.29 is 22.3 Å². The summed E-state index contributed by atoms with van der Waals surface area (Å²) in [4.78, 5) is 12.5. The molecule has 0 spiro atoms. The number of carbonyl (C=O) groups is 1. The summed E-state index contributed by atoms with van der Waals surface area (Å²) < 4.78 is 45.7. The van der Waals surface area contributed by atoms with Gasteiger partial charge in [-0.05, 0) is 29.6 Å². The Labute approximate surface area is 149 Å². The van der Waals surface area contributed by atoms with Crippen LogP contribution >= 0.6 is 11.3 Å². The van der Waals surface area contributed by atoms with Gasteiger partial charge >= 0.3 is 0 Å². The van der Waals surface area contributed by atoms with Crippen LogP contribution in [0.2, 0.25) is 0 Å². The van der Waals surface area contributed by atoms with Crippen LogP contribution in [0.5, 0.6) is 0 Å². The van der Waals surface area contributed by atoms with Gasteiger partial charge in [-0.2, -0.15) is 4.31 Å². The van der Waals surface area contributed by atoms with Crippen molar-refractivity contribution in [2.45, 2.75) is 11.3 Å². The summed E-state index contributed by atoms with van der Waals surface area (Å²) in [7, 11) is -3.97. The molecule has 134 valence electrons. The van der Waals surface area contributed by atoms with Gasteiger partial charge < -0.3 is 10.1 Å². The maximum Gasteiger partial charge on any atom is 0.246 e. The van der Waals surface area contributed by atoms with Crippen LogP contribution in [0, 0.1) is 5.82 Å². The number of amides is 1. The van der Waals surface area contributed by atoms with Crippen LogP contribution in [0.3, 0.4) is 0 Å². The Morgan fingerprint density at radius 1 is 1.28 bits per heavy atom. The number of morpholine rings is 1. The first-order valence-electron chi connectivity index (χ1n) is 7.66. The number of thiophene rings is 1. The molecule has 25 heavy (non-hydrogen) atoms. The highest BCUT2D eigenvalue weighted by Crippen LogP contribution is 2.24. The summed E-state index contributed by atoms with van der Waals surface area (Å²) in [6.07, 6.45) is 0.181. The Bertz CT molecular complexity index is 847. The number of nitrogens with one attached hydrogen (secondary N) is 1. The standard InChI is InChI=1S/C16H17FN2O4S2/c17-14-4-3-12(18-16(20)11-13-2-1-9-24-13)10-15(14)25(21,22)19-5-7-23-8-6-19/h1-4,9-10H,5-8,11H2,(H,18,20). The van der Waals surface area contributed by atoms with E-state index in [9.17, 15) is 17.6 Å². The third-order valence-electron chi connectivity index (χ3n) is 3.72. The SMILES string of the molecule is O=C(Cc1cccs1)Nc1ccc(F)c(S(=O)(=O)N2CCOCC2)c1. The maximum atomic E-state index is 14.1. The van der Waals surface area contributed by atoms with Gasteiger partial charge in [0.25, 0.3) is 0 Å². The van der Waals surface area contributed by atoms with E-state index in [1.165, 1.54) is 21.7 Å². The molecule has 0 aliphatic carbocycles. The number of hydrogen-bond acceptors (Lipinski definition) is 5. The van der Waals surface area contributed by atoms with Gasteiger partial charge in [0.05, 0.1) is 19.6 Å². The summed E-state index contributed by atoms with van der Waals surface area (Å²) in [6.45, 7) is 0.906. The molecule has 0 bridgehead atoms. The summed E-state index contributed by atoms with van der Waals surface area (Å²) >= 11 is 1.46. The van der Waals surface area contributed by atoms with E-state index in [4.69, 9.17) is 4.74 Å². The van der Waals surface area contributed by atoms with Crippen molar-refractivity contribution >= 4 is 33.0 Å². The lowest BCUT2D eigenvalue weighted by Crippen LogP contribution is -2.40. The van der Waals surface area contributed by atoms with Crippen LogP contribution in [0.25, 0.3) is 0 Å². The van der Waals surface area contributed by atoms with Gasteiger partial charge in [-0.15, -0.1) is 11.3 Å². The average molecular weight is 384 g/mol. The van der Waals surface area contributed by atoms with Crippen molar-refractivity contribution in [3.05, 3.63) is 46.4 Å². The first-order valence-corrected chi connectivity index (χ1v) is 9.98. The lowest BCUT2D eigenvalue weighted by Gasteiger charge is -2.26. The molecule has 6 nitrogen and oxygen atoms in total. The molecule has 1 aliphatic rings. The molecule has 2 heterocycles. The van der Waals surface area contributed by atoms with Crippen molar-refractivity contribution in [1.82, 2.24) is 4.31 Å². The number of carbonyl (C=O) groups excluding carboxylic acids is 1. The predicted molar refractivity (Wildman–Crippen MR) is 92.6 cm³/mol. The number of hydrogen-bond donors (Lipinski definition) is 1. The number of sulfonamides is 1. The van der Waals surface area contributed by atoms with Gasteiger partial charge in [0.1, 0.15) is 10.7 Å². The molecule has 1 fully saturated rings. The number of rotatable bonds is 5. The highest BCUT2D eigenvalue weighted by atomic mass is 32.2. The van der Waals surface area contributed by atoms with Gasteiger partial charge in [0.2, 0.25) is 15.9 Å². The summed E-state index contributed by atoms with van der Waals surface area (Å²) in [5, 5.41) is 4.48. The summed E-state index contributed by atoms with van der Waals surface area (Å²) in [6, 6.07) is 7.24. The molecule has 0 saturated carbocycles. The number of ether oxygens (including phenoxy) is 1. The van der Waals surface area contributed by atoms with Gasteiger partial charge in [-0.3, -0.25) is 4.79 Å². The van der Waals surface area contributed by atoms with Crippen LogP contribution in [-0.2, 0) is 26.0 Å². The van der Waals surface area contributed by atoms with E-state index in [-0.39, 0.29) is 44.3 Å². The van der Waals surface area contributed by atoms with Crippen molar-refractivity contribution in [3.63, 3.8) is 0 Å². The van der Waals surface area contributed by atoms with Crippen LogP contribution < -0.4 is 5.32 Å². The van der Waals surface area contributed by atoms with Crippen LogP contribution in [0.1, 0.15) is 4.88 Å². The second-order valence-electron chi connectivity index (χ2n) is 5.47. The molecule has 1 aromatic heterocycles. The molecule has 1 amide bonds. The number of nitrogens with zero attached hydrogens (tertiary/aromatic N) is 1. The molecule has 3 rings (SSSR count). The predicted octanol–water partition coefficient (Wildman–Crippen LogP) is 2.09. The van der Waals surface area contributed by atoms with Crippen molar-refractivity contribution in [2.24, 2.45) is 0 Å². The molecule has 2 aromatic rings. The molecule has 1 aromatic carbocycles. The minimum atomic E-state index is -3.97. The summed E-state index contributed by atoms with van der Waals surface area (Å²) in [5.74, 6) is -1.13. The van der Waals surface area contributed by atoms with Crippen LogP contribution in [0.4, 0.5) is 10.1 Å². The zero-order valence-corrected chi connectivity index (χ0v) is 14.9. The fourth-order valence-corrected chi connectivity index (χ4v) is 4.68. The number of benzene rings is 1. The Balaban J connectivity index is 1.79. The van der Waals surface area contributed by atoms with Crippen molar-refractivity contribution in [3.8, 4) is 0 Å². The largest absolute Gasteiger partial charge is 0.379 e. The Morgan fingerprint density at radius 3 is 2.72 bits per heavy atom. The fraction of sp³-hybridized carbons (Fsp3) is 0.312. The Hall–Kier alpha value is -1.81. The Morgan fingerprint density at radius 2 is 2.04 bits per heavy atom. The van der Waals surface area contributed by atoms with Crippen molar-refractivity contribution in [2.75, 3.05) is 31.6 Å². The average Bonchev–Trinajstić information content (AvgIpc) is 3.10. The lowest BCUT2D eigenvalue weighted by molar-refractivity contribution is -0.115. The topological polar surface area (TPSA) is 75.7 Å². The molecule has 1 N–H and O–H groups in total. The van der Waals surface area contributed by atoms with E-state index in [0.29, 0.717) is 0 Å². The molecule has 1 saturated heterocycles. The second-order valence-corrected chi connectivity index (χ2v) is 8.40. The van der Waals surface area contributed by atoms with E-state index in [1.54, 1.807) is 0 Å². The van der Waals surface area contributed by atoms with E-state index in [2.05, 4.69) is 5.32 Å². The van der Waals surface area contributed by atoms with Gasteiger partial charge in [0.15, 0.2) is 0 Å². The molecular formula is C16H17FN2O4S2. The zero-order valence-electron chi connectivity index (χ0n) is 13.3. The molecular weight excluding hydrogens is 367 g/mol. The van der Waals surface area contributed by atoms with E-state index < -0.39 is 20.7 Å². The fourth-order valence-electron chi connectivity index (χ4n) is 2.48. The Kier molecular flexibility index (Phi) is 5.48. The van der Waals surface area contributed by atoms with Gasteiger partial charge in [-0.25, -0.2) is 12.8 Å². The maximum absolute atomic E-state index is 14.1. The first-order chi connectivity index (χ1) is 12.0. The molecule has 9 heteroatoms. The van der Waals surface area contributed by atoms with Crippen LogP contribution in [0.15, 0.2) is 40.6 Å². The number of halogens is 1.